The molecule has 3 heterocycles. The van der Waals surface area contributed by atoms with E-state index in [4.69, 9.17) is 9.47 Å². The van der Waals surface area contributed by atoms with Gasteiger partial charge in [0.1, 0.15) is 0 Å². The van der Waals surface area contributed by atoms with Crippen molar-refractivity contribution in [3.8, 4) is 0 Å². The number of likely N-dealkylation sites (tertiary alicyclic amines) is 1. The highest BCUT2D eigenvalue weighted by molar-refractivity contribution is 5.76. The van der Waals surface area contributed by atoms with Gasteiger partial charge in [-0.25, -0.2) is 4.98 Å². The summed E-state index contributed by atoms with van der Waals surface area (Å²) < 4.78 is 11.3. The van der Waals surface area contributed by atoms with Crippen molar-refractivity contribution in [3.63, 3.8) is 0 Å². The lowest BCUT2D eigenvalue weighted by atomic mass is 10.0. The maximum absolute atomic E-state index is 12.1. The fraction of sp³-hybridized carbons (Fsp3) is 0.692. The van der Waals surface area contributed by atoms with E-state index in [0.29, 0.717) is 26.1 Å². The SMILES string of the molecule is O=C(CCc1cnc[nH]1)N1CCC2(CC1)OCCO2. The zero-order chi connectivity index (χ0) is 13.1. The number of carbonyl (C=O) groups excluding carboxylic acids is 1. The van der Waals surface area contributed by atoms with E-state index in [1.807, 2.05) is 4.90 Å². The summed E-state index contributed by atoms with van der Waals surface area (Å²) in [5, 5.41) is 0. The highest BCUT2D eigenvalue weighted by Gasteiger charge is 2.40. The minimum Gasteiger partial charge on any atom is -0.348 e. The highest BCUT2D eigenvalue weighted by atomic mass is 16.7. The van der Waals surface area contributed by atoms with Crippen molar-refractivity contribution in [3.05, 3.63) is 18.2 Å². The number of ether oxygens (including phenoxy) is 2. The molecule has 2 aliphatic rings. The van der Waals surface area contributed by atoms with Gasteiger partial charge in [0.25, 0.3) is 0 Å². The zero-order valence-electron chi connectivity index (χ0n) is 10.9. The second kappa shape index (κ2) is 5.30. The maximum atomic E-state index is 12.1. The van der Waals surface area contributed by atoms with Gasteiger partial charge in [0.15, 0.2) is 5.79 Å². The Morgan fingerprint density at radius 2 is 2.11 bits per heavy atom. The van der Waals surface area contributed by atoms with E-state index in [-0.39, 0.29) is 5.91 Å². The number of nitrogens with one attached hydrogen (secondary N) is 1. The molecule has 2 saturated heterocycles. The molecule has 1 N–H and O–H groups in total. The molecule has 0 aromatic carbocycles. The van der Waals surface area contributed by atoms with Crippen LogP contribution in [0.4, 0.5) is 0 Å². The van der Waals surface area contributed by atoms with Crippen LogP contribution in [-0.4, -0.2) is 52.9 Å². The highest BCUT2D eigenvalue weighted by Crippen LogP contribution is 2.31. The standard InChI is InChI=1S/C13H19N3O3/c17-12(2-1-11-9-14-10-15-11)16-5-3-13(4-6-16)18-7-8-19-13/h9-10H,1-8H2,(H,14,15). The van der Waals surface area contributed by atoms with Crippen molar-refractivity contribution in [1.29, 1.82) is 0 Å². The predicted molar refractivity (Wildman–Crippen MR) is 67.4 cm³/mol. The predicted octanol–water partition coefficient (Wildman–Crippen LogP) is 0.708. The van der Waals surface area contributed by atoms with Gasteiger partial charge in [-0.05, 0) is 6.42 Å². The summed E-state index contributed by atoms with van der Waals surface area (Å²) in [6.45, 7) is 2.80. The summed E-state index contributed by atoms with van der Waals surface area (Å²) in [6, 6.07) is 0. The fourth-order valence-electron chi connectivity index (χ4n) is 2.70. The molecule has 6 nitrogen and oxygen atoms in total. The fourth-order valence-corrected chi connectivity index (χ4v) is 2.70. The molecule has 0 bridgehead atoms. The molecular formula is C13H19N3O3. The summed E-state index contributed by atoms with van der Waals surface area (Å²) >= 11 is 0. The topological polar surface area (TPSA) is 67.5 Å². The minimum atomic E-state index is -0.403. The minimum absolute atomic E-state index is 0.197. The van der Waals surface area contributed by atoms with Crippen LogP contribution in [0.25, 0.3) is 0 Å². The smallest absolute Gasteiger partial charge is 0.222 e. The number of hydrogen-bond donors (Lipinski definition) is 1. The van der Waals surface area contributed by atoms with Gasteiger partial charge in [-0.15, -0.1) is 0 Å². The van der Waals surface area contributed by atoms with E-state index < -0.39 is 5.79 Å². The number of amides is 1. The van der Waals surface area contributed by atoms with Gasteiger partial charge in [0.05, 0.1) is 19.5 Å². The lowest BCUT2D eigenvalue weighted by molar-refractivity contribution is -0.187. The molecule has 1 aromatic rings. The number of carbonyl (C=O) groups is 1. The third-order valence-corrected chi connectivity index (χ3v) is 3.85. The van der Waals surface area contributed by atoms with E-state index in [1.54, 1.807) is 12.5 Å². The van der Waals surface area contributed by atoms with Crippen molar-refractivity contribution in [1.82, 2.24) is 14.9 Å². The van der Waals surface area contributed by atoms with Gasteiger partial charge < -0.3 is 19.4 Å². The van der Waals surface area contributed by atoms with Crippen LogP contribution >= 0.6 is 0 Å². The Morgan fingerprint density at radius 3 is 2.74 bits per heavy atom. The molecule has 0 radical (unpaired) electrons. The quantitative estimate of drug-likeness (QED) is 0.874. The van der Waals surface area contributed by atoms with E-state index in [0.717, 1.165) is 31.6 Å². The molecule has 0 atom stereocenters. The van der Waals surface area contributed by atoms with Crippen molar-refractivity contribution < 1.29 is 14.3 Å². The summed E-state index contributed by atoms with van der Waals surface area (Å²) in [7, 11) is 0. The molecule has 2 aliphatic heterocycles. The van der Waals surface area contributed by atoms with Crippen LogP contribution in [0.15, 0.2) is 12.5 Å². The van der Waals surface area contributed by atoms with Crippen LogP contribution in [0.2, 0.25) is 0 Å². The molecule has 1 amide bonds. The summed E-state index contributed by atoms with van der Waals surface area (Å²) in [4.78, 5) is 21.0. The molecule has 1 aromatic heterocycles. The first-order valence-electron chi connectivity index (χ1n) is 6.80. The number of aromatic nitrogens is 2. The number of imidazole rings is 1. The lowest BCUT2D eigenvalue weighted by Crippen LogP contribution is -2.47. The van der Waals surface area contributed by atoms with Gasteiger partial charge in [-0.2, -0.15) is 0 Å². The van der Waals surface area contributed by atoms with Crippen LogP contribution in [0, 0.1) is 0 Å². The Morgan fingerprint density at radius 1 is 1.37 bits per heavy atom. The first-order chi connectivity index (χ1) is 9.27. The van der Waals surface area contributed by atoms with Crippen molar-refractivity contribution in [2.24, 2.45) is 0 Å². The Kier molecular flexibility index (Phi) is 3.52. The molecule has 0 saturated carbocycles. The van der Waals surface area contributed by atoms with Gasteiger partial charge in [0.2, 0.25) is 5.91 Å². The first-order valence-corrected chi connectivity index (χ1v) is 6.80. The van der Waals surface area contributed by atoms with Crippen molar-refractivity contribution >= 4 is 5.91 Å². The Bertz CT molecular complexity index is 416. The van der Waals surface area contributed by atoms with E-state index >= 15 is 0 Å². The average Bonchev–Trinajstić information content (AvgIpc) is 3.09. The Balaban J connectivity index is 1.46. The second-order valence-electron chi connectivity index (χ2n) is 5.07. The molecule has 0 unspecified atom stereocenters. The van der Waals surface area contributed by atoms with Crippen molar-refractivity contribution in [2.45, 2.75) is 31.5 Å². The number of rotatable bonds is 3. The molecule has 2 fully saturated rings. The van der Waals surface area contributed by atoms with Gasteiger partial charge in [-0.3, -0.25) is 4.79 Å². The molecule has 1 spiro atoms. The van der Waals surface area contributed by atoms with Crippen molar-refractivity contribution in [2.75, 3.05) is 26.3 Å². The number of aryl methyl sites for hydroxylation is 1. The third kappa shape index (κ3) is 2.79. The van der Waals surface area contributed by atoms with Crippen LogP contribution < -0.4 is 0 Å². The Hall–Kier alpha value is -1.40. The van der Waals surface area contributed by atoms with Crippen LogP contribution in [-0.2, 0) is 20.7 Å². The number of aromatic amines is 1. The maximum Gasteiger partial charge on any atom is 0.222 e. The van der Waals surface area contributed by atoms with E-state index in [1.165, 1.54) is 0 Å². The van der Waals surface area contributed by atoms with Gasteiger partial charge >= 0.3 is 0 Å². The molecule has 6 heteroatoms. The summed E-state index contributed by atoms with van der Waals surface area (Å²) in [5.41, 5.74) is 1.00. The Labute approximate surface area is 112 Å². The summed E-state index contributed by atoms with van der Waals surface area (Å²) in [6.07, 6.45) is 6.20. The van der Waals surface area contributed by atoms with E-state index in [2.05, 4.69) is 9.97 Å². The van der Waals surface area contributed by atoms with Gasteiger partial charge in [0, 0.05) is 44.2 Å². The number of nitrogens with zero attached hydrogens (tertiary/aromatic N) is 2. The third-order valence-electron chi connectivity index (χ3n) is 3.85. The largest absolute Gasteiger partial charge is 0.348 e. The van der Waals surface area contributed by atoms with Crippen LogP contribution in [0.5, 0.6) is 0 Å². The van der Waals surface area contributed by atoms with Crippen LogP contribution in [0.1, 0.15) is 25.0 Å². The first kappa shape index (κ1) is 12.6. The summed E-state index contributed by atoms with van der Waals surface area (Å²) in [5.74, 6) is -0.206. The van der Waals surface area contributed by atoms with Gasteiger partial charge in [-0.1, -0.05) is 0 Å². The normalized spacial score (nSPS) is 22.0. The molecule has 104 valence electrons. The molecule has 0 aliphatic carbocycles. The zero-order valence-corrected chi connectivity index (χ0v) is 10.9. The second-order valence-corrected chi connectivity index (χ2v) is 5.07. The number of H-pyrrole nitrogens is 1. The molecular weight excluding hydrogens is 246 g/mol. The monoisotopic (exact) mass is 265 g/mol. The molecule has 3 rings (SSSR count). The average molecular weight is 265 g/mol. The lowest BCUT2D eigenvalue weighted by Gasteiger charge is -2.37. The van der Waals surface area contributed by atoms with E-state index in [9.17, 15) is 4.79 Å². The van der Waals surface area contributed by atoms with Crippen LogP contribution in [0.3, 0.4) is 0 Å². The number of hydrogen-bond acceptors (Lipinski definition) is 4. The molecule has 19 heavy (non-hydrogen) atoms. The number of piperidine rings is 1.